The third kappa shape index (κ3) is 1.92. The number of pyridine rings is 1. The van der Waals surface area contributed by atoms with Crippen molar-refractivity contribution in [1.29, 1.82) is 0 Å². The Balaban J connectivity index is 1.81. The molecular formula is C10H12N6. The van der Waals surface area contributed by atoms with Gasteiger partial charge in [0.05, 0.1) is 12.2 Å². The van der Waals surface area contributed by atoms with Crippen molar-refractivity contribution in [2.24, 2.45) is 0 Å². The maximum atomic E-state index is 4.01. The normalized spacial score (nSPS) is 15.2. The van der Waals surface area contributed by atoms with Crippen LogP contribution in [0.3, 0.4) is 0 Å². The number of aromatic nitrogens is 5. The lowest BCUT2D eigenvalue weighted by Gasteiger charge is -2.04. The Kier molecular flexibility index (Phi) is 2.34. The van der Waals surface area contributed by atoms with Gasteiger partial charge in [0.1, 0.15) is 0 Å². The number of rotatable bonds is 4. The summed E-state index contributed by atoms with van der Waals surface area (Å²) in [6.07, 6.45) is 5.98. The molecule has 2 aromatic heterocycles. The SMILES string of the molecule is c1cc(-n2nnnc2CNC2CC2)ccn1. The maximum Gasteiger partial charge on any atom is 0.170 e. The Hall–Kier alpha value is -1.82. The van der Waals surface area contributed by atoms with Crippen LogP contribution in [0.1, 0.15) is 18.7 Å². The first-order chi connectivity index (χ1) is 7.93. The van der Waals surface area contributed by atoms with Crippen molar-refractivity contribution in [1.82, 2.24) is 30.5 Å². The predicted octanol–water partition coefficient (Wildman–Crippen LogP) is 0.309. The lowest BCUT2D eigenvalue weighted by molar-refractivity contribution is 0.637. The van der Waals surface area contributed by atoms with Crippen molar-refractivity contribution in [3.8, 4) is 5.69 Å². The summed E-state index contributed by atoms with van der Waals surface area (Å²) in [5, 5.41) is 15.1. The summed E-state index contributed by atoms with van der Waals surface area (Å²) in [5.74, 6) is 0.832. The van der Waals surface area contributed by atoms with E-state index in [4.69, 9.17) is 0 Å². The molecule has 1 saturated carbocycles. The molecule has 1 aliphatic carbocycles. The van der Waals surface area contributed by atoms with Crippen molar-refractivity contribution < 1.29 is 0 Å². The van der Waals surface area contributed by atoms with Crippen LogP contribution in [0.2, 0.25) is 0 Å². The maximum absolute atomic E-state index is 4.01. The minimum absolute atomic E-state index is 0.655. The summed E-state index contributed by atoms with van der Waals surface area (Å²) < 4.78 is 1.73. The minimum Gasteiger partial charge on any atom is -0.307 e. The highest BCUT2D eigenvalue weighted by Crippen LogP contribution is 2.19. The third-order valence-corrected chi connectivity index (χ3v) is 2.57. The summed E-state index contributed by atoms with van der Waals surface area (Å²) in [4.78, 5) is 3.97. The van der Waals surface area contributed by atoms with E-state index in [0.717, 1.165) is 11.5 Å². The van der Waals surface area contributed by atoms with Gasteiger partial charge < -0.3 is 5.32 Å². The van der Waals surface area contributed by atoms with Gasteiger partial charge in [-0.1, -0.05) is 0 Å². The van der Waals surface area contributed by atoms with Gasteiger partial charge in [-0.05, 0) is 35.4 Å². The molecule has 0 amide bonds. The van der Waals surface area contributed by atoms with E-state index in [1.165, 1.54) is 12.8 Å². The first-order valence-electron chi connectivity index (χ1n) is 5.34. The molecule has 2 aromatic rings. The average molecular weight is 216 g/mol. The summed E-state index contributed by atoms with van der Waals surface area (Å²) >= 11 is 0. The van der Waals surface area contributed by atoms with Crippen LogP contribution in [0.5, 0.6) is 0 Å². The largest absolute Gasteiger partial charge is 0.307 e. The molecule has 0 unspecified atom stereocenters. The van der Waals surface area contributed by atoms with E-state index in [0.29, 0.717) is 12.6 Å². The van der Waals surface area contributed by atoms with Crippen LogP contribution in [0.15, 0.2) is 24.5 Å². The fourth-order valence-corrected chi connectivity index (χ4v) is 1.52. The minimum atomic E-state index is 0.655. The van der Waals surface area contributed by atoms with E-state index in [-0.39, 0.29) is 0 Å². The highest BCUT2D eigenvalue weighted by atomic mass is 15.5. The monoisotopic (exact) mass is 216 g/mol. The molecule has 3 rings (SSSR count). The molecule has 0 spiro atoms. The van der Waals surface area contributed by atoms with E-state index in [1.807, 2.05) is 12.1 Å². The standard InChI is InChI=1S/C10H12N6/c1-2-8(1)12-7-10-13-14-15-16(10)9-3-5-11-6-4-9/h3-6,8,12H,1-2,7H2. The van der Waals surface area contributed by atoms with Crippen LogP contribution in [0, 0.1) is 0 Å². The lowest BCUT2D eigenvalue weighted by atomic mass is 10.4. The Morgan fingerprint density at radius 2 is 2.12 bits per heavy atom. The molecule has 1 aliphatic rings. The highest BCUT2D eigenvalue weighted by Gasteiger charge is 2.21. The van der Waals surface area contributed by atoms with Crippen LogP contribution in [0.4, 0.5) is 0 Å². The van der Waals surface area contributed by atoms with Crippen LogP contribution >= 0.6 is 0 Å². The highest BCUT2D eigenvalue weighted by molar-refractivity contribution is 5.27. The topological polar surface area (TPSA) is 68.5 Å². The smallest absolute Gasteiger partial charge is 0.170 e. The van der Waals surface area contributed by atoms with E-state index in [2.05, 4.69) is 25.8 Å². The second kappa shape index (κ2) is 3.97. The summed E-state index contributed by atoms with van der Waals surface area (Å²) in [6.45, 7) is 0.708. The van der Waals surface area contributed by atoms with Gasteiger partial charge in [-0.2, -0.15) is 4.68 Å². The molecule has 0 atom stereocenters. The number of tetrazole rings is 1. The van der Waals surface area contributed by atoms with Crippen LogP contribution in [-0.2, 0) is 6.54 Å². The molecule has 16 heavy (non-hydrogen) atoms. The van der Waals surface area contributed by atoms with Gasteiger partial charge in [0.2, 0.25) is 0 Å². The predicted molar refractivity (Wildman–Crippen MR) is 56.8 cm³/mol. The molecule has 0 aliphatic heterocycles. The number of nitrogens with one attached hydrogen (secondary N) is 1. The van der Waals surface area contributed by atoms with Gasteiger partial charge in [-0.3, -0.25) is 4.98 Å². The molecular weight excluding hydrogens is 204 g/mol. The van der Waals surface area contributed by atoms with Gasteiger partial charge in [0, 0.05) is 18.4 Å². The van der Waals surface area contributed by atoms with E-state index >= 15 is 0 Å². The average Bonchev–Trinajstić information content (AvgIpc) is 3.05. The molecule has 0 radical (unpaired) electrons. The molecule has 6 nitrogen and oxygen atoms in total. The van der Waals surface area contributed by atoms with E-state index in [9.17, 15) is 0 Å². The number of nitrogens with zero attached hydrogens (tertiary/aromatic N) is 5. The number of hydrogen-bond donors (Lipinski definition) is 1. The van der Waals surface area contributed by atoms with Crippen molar-refractivity contribution in [2.45, 2.75) is 25.4 Å². The van der Waals surface area contributed by atoms with Crippen molar-refractivity contribution >= 4 is 0 Å². The molecule has 82 valence electrons. The fourth-order valence-electron chi connectivity index (χ4n) is 1.52. The van der Waals surface area contributed by atoms with Gasteiger partial charge in [0.15, 0.2) is 5.82 Å². The Morgan fingerprint density at radius 1 is 1.31 bits per heavy atom. The first-order valence-corrected chi connectivity index (χ1v) is 5.34. The van der Waals surface area contributed by atoms with Gasteiger partial charge in [-0.15, -0.1) is 5.10 Å². The van der Waals surface area contributed by atoms with Gasteiger partial charge in [-0.25, -0.2) is 0 Å². The second-order valence-electron chi connectivity index (χ2n) is 3.87. The van der Waals surface area contributed by atoms with Gasteiger partial charge in [0.25, 0.3) is 0 Å². The Bertz CT molecular complexity index is 461. The summed E-state index contributed by atoms with van der Waals surface area (Å²) in [7, 11) is 0. The molecule has 2 heterocycles. The number of hydrogen-bond acceptors (Lipinski definition) is 5. The quantitative estimate of drug-likeness (QED) is 0.796. The zero-order valence-corrected chi connectivity index (χ0v) is 8.74. The van der Waals surface area contributed by atoms with Gasteiger partial charge >= 0.3 is 0 Å². The van der Waals surface area contributed by atoms with E-state index < -0.39 is 0 Å². The van der Waals surface area contributed by atoms with Crippen LogP contribution in [0.25, 0.3) is 5.69 Å². The second-order valence-corrected chi connectivity index (χ2v) is 3.87. The molecule has 1 N–H and O–H groups in total. The van der Waals surface area contributed by atoms with Crippen molar-refractivity contribution in [3.63, 3.8) is 0 Å². The zero-order valence-electron chi connectivity index (χ0n) is 8.74. The Morgan fingerprint density at radius 3 is 2.88 bits per heavy atom. The molecule has 0 aromatic carbocycles. The lowest BCUT2D eigenvalue weighted by Crippen LogP contribution is -2.18. The first kappa shape index (κ1) is 9.41. The van der Waals surface area contributed by atoms with Crippen LogP contribution < -0.4 is 5.32 Å². The molecule has 0 bridgehead atoms. The van der Waals surface area contributed by atoms with E-state index in [1.54, 1.807) is 17.1 Å². The third-order valence-electron chi connectivity index (χ3n) is 2.57. The van der Waals surface area contributed by atoms with Crippen LogP contribution in [-0.4, -0.2) is 31.2 Å². The molecule has 6 heteroatoms. The van der Waals surface area contributed by atoms with Crippen molar-refractivity contribution in [2.75, 3.05) is 0 Å². The summed E-state index contributed by atoms with van der Waals surface area (Å²) in [5.41, 5.74) is 0.938. The molecule has 1 fully saturated rings. The zero-order chi connectivity index (χ0) is 10.8. The Labute approximate surface area is 92.7 Å². The fraction of sp³-hybridized carbons (Fsp3) is 0.400. The molecule has 0 saturated heterocycles. The van der Waals surface area contributed by atoms with Crippen molar-refractivity contribution in [3.05, 3.63) is 30.4 Å². The summed E-state index contributed by atoms with van der Waals surface area (Å²) in [6, 6.07) is 4.43.